The fraction of sp³-hybridized carbons (Fsp3) is 0.250. The Morgan fingerprint density at radius 3 is 1.61 bits per heavy atom. The molecule has 2 rings (SSSR count). The Bertz CT molecular complexity index is 658. The summed E-state index contributed by atoms with van der Waals surface area (Å²) in [4.78, 5) is 11.5. The Morgan fingerprint density at radius 2 is 1.30 bits per heavy atom. The van der Waals surface area contributed by atoms with Crippen LogP contribution in [0.15, 0.2) is 71.9 Å². The van der Waals surface area contributed by atoms with Gasteiger partial charge in [-0.1, -0.05) is 87.1 Å². The van der Waals surface area contributed by atoms with Crippen LogP contribution in [0.4, 0.5) is 0 Å². The lowest BCUT2D eigenvalue weighted by molar-refractivity contribution is -0.132. The predicted octanol–water partition coefficient (Wildman–Crippen LogP) is 3.62. The van der Waals surface area contributed by atoms with E-state index in [1.54, 1.807) is 6.92 Å². The lowest BCUT2D eigenvalue weighted by Crippen LogP contribution is -2.63. The first kappa shape index (κ1) is 17.2. The van der Waals surface area contributed by atoms with Crippen molar-refractivity contribution in [3.63, 3.8) is 0 Å². The third-order valence-corrected chi connectivity index (χ3v) is 10.1. The van der Waals surface area contributed by atoms with Crippen molar-refractivity contribution in [2.75, 3.05) is 0 Å². The summed E-state index contributed by atoms with van der Waals surface area (Å²) in [5, 5.41) is 11.9. The molecule has 3 heteroatoms. The molecule has 0 unspecified atom stereocenters. The fourth-order valence-corrected chi connectivity index (χ4v) is 8.25. The van der Waals surface area contributed by atoms with Crippen LogP contribution in [0.5, 0.6) is 0 Å². The number of hydrogen-bond acceptors (Lipinski definition) is 1. The Labute approximate surface area is 139 Å². The van der Waals surface area contributed by atoms with Gasteiger partial charge in [-0.05, 0) is 22.3 Å². The summed E-state index contributed by atoms with van der Waals surface area (Å²) in [6.07, 6.45) is 0. The smallest absolute Gasteiger partial charge is 0.330 e. The van der Waals surface area contributed by atoms with Crippen LogP contribution in [0.3, 0.4) is 0 Å². The summed E-state index contributed by atoms with van der Waals surface area (Å²) in [6.45, 7) is 8.34. The SMILES string of the molecule is CC(=C[Si](c1ccccc1)(c1ccccc1)C(C)(C)C)C(=O)O. The fourth-order valence-electron chi connectivity index (χ4n) is 3.20. The van der Waals surface area contributed by atoms with Crippen LogP contribution in [-0.4, -0.2) is 19.1 Å². The van der Waals surface area contributed by atoms with E-state index < -0.39 is 14.0 Å². The van der Waals surface area contributed by atoms with Gasteiger partial charge in [-0.25, -0.2) is 4.79 Å². The highest BCUT2D eigenvalue weighted by Gasteiger charge is 2.46. The first-order valence-electron chi connectivity index (χ1n) is 7.83. The molecule has 0 fully saturated rings. The van der Waals surface area contributed by atoms with E-state index in [0.717, 1.165) is 0 Å². The minimum absolute atomic E-state index is 0.0631. The molecule has 0 amide bonds. The van der Waals surface area contributed by atoms with Gasteiger partial charge < -0.3 is 5.11 Å². The molecule has 2 nitrogen and oxygen atoms in total. The summed E-state index contributed by atoms with van der Waals surface area (Å²) in [7, 11) is -2.42. The van der Waals surface area contributed by atoms with Crippen molar-refractivity contribution in [2.45, 2.75) is 32.7 Å². The van der Waals surface area contributed by atoms with E-state index in [9.17, 15) is 9.90 Å². The third kappa shape index (κ3) is 3.30. The molecule has 0 radical (unpaired) electrons. The minimum atomic E-state index is -2.42. The van der Waals surface area contributed by atoms with E-state index in [1.165, 1.54) is 10.4 Å². The van der Waals surface area contributed by atoms with Gasteiger partial charge in [0, 0.05) is 5.57 Å². The molecule has 0 aliphatic rings. The van der Waals surface area contributed by atoms with Gasteiger partial charge in [0.25, 0.3) is 0 Å². The second-order valence-electron chi connectivity index (χ2n) is 6.92. The van der Waals surface area contributed by atoms with Crippen molar-refractivity contribution < 1.29 is 9.90 Å². The normalized spacial score (nSPS) is 13.0. The molecule has 0 atom stereocenters. The highest BCUT2D eigenvalue weighted by atomic mass is 28.3. The van der Waals surface area contributed by atoms with Crippen molar-refractivity contribution in [3.05, 3.63) is 71.9 Å². The molecule has 0 spiro atoms. The molecule has 23 heavy (non-hydrogen) atoms. The van der Waals surface area contributed by atoms with Crippen LogP contribution in [0, 0.1) is 0 Å². The monoisotopic (exact) mass is 324 g/mol. The molecule has 2 aromatic rings. The number of carboxylic acid groups (broad SMARTS) is 1. The molecule has 2 aromatic carbocycles. The first-order chi connectivity index (χ1) is 10.8. The van der Waals surface area contributed by atoms with E-state index in [2.05, 4.69) is 45.0 Å². The van der Waals surface area contributed by atoms with Crippen molar-refractivity contribution in [2.24, 2.45) is 0 Å². The predicted molar refractivity (Wildman–Crippen MR) is 99.0 cm³/mol. The Hall–Kier alpha value is -2.13. The molecule has 0 bridgehead atoms. The first-order valence-corrected chi connectivity index (χ1v) is 9.90. The summed E-state index contributed by atoms with van der Waals surface area (Å²) >= 11 is 0. The molecule has 0 aliphatic carbocycles. The number of rotatable bonds is 4. The molecule has 0 aliphatic heterocycles. The zero-order valence-electron chi connectivity index (χ0n) is 14.2. The summed E-state index contributed by atoms with van der Waals surface area (Å²) in [6, 6.07) is 20.7. The molecule has 0 saturated heterocycles. The molecule has 1 N–H and O–H groups in total. The standard InChI is InChI=1S/C20H24O2Si/c1-16(19(21)22)15-23(20(2,3)4,17-11-7-5-8-12-17)18-13-9-6-10-14-18/h5-15H,1-4H3,(H,21,22). The topological polar surface area (TPSA) is 37.3 Å². The number of hydrogen-bond donors (Lipinski definition) is 1. The minimum Gasteiger partial charge on any atom is -0.478 e. The van der Waals surface area contributed by atoms with Gasteiger partial charge in [-0.2, -0.15) is 0 Å². The summed E-state index contributed by atoms with van der Waals surface area (Å²) < 4.78 is 0. The van der Waals surface area contributed by atoms with Gasteiger partial charge in [0.2, 0.25) is 0 Å². The van der Waals surface area contributed by atoms with Gasteiger partial charge in [0.15, 0.2) is 0 Å². The van der Waals surface area contributed by atoms with Crippen LogP contribution < -0.4 is 10.4 Å². The Balaban J connectivity index is 2.86. The number of carbonyl (C=O) groups is 1. The van der Waals surface area contributed by atoms with Crippen molar-refractivity contribution in [3.8, 4) is 0 Å². The highest BCUT2D eigenvalue weighted by Crippen LogP contribution is 2.37. The van der Waals surface area contributed by atoms with Crippen LogP contribution in [0.25, 0.3) is 0 Å². The molecular weight excluding hydrogens is 300 g/mol. The third-order valence-electron chi connectivity index (χ3n) is 4.41. The highest BCUT2D eigenvalue weighted by molar-refractivity contribution is 7.08. The van der Waals surface area contributed by atoms with Crippen LogP contribution in [0.2, 0.25) is 5.04 Å². The maximum atomic E-state index is 11.5. The van der Waals surface area contributed by atoms with E-state index in [0.29, 0.717) is 5.57 Å². The van der Waals surface area contributed by atoms with Crippen molar-refractivity contribution >= 4 is 24.4 Å². The van der Waals surface area contributed by atoms with Gasteiger partial charge in [-0.3, -0.25) is 0 Å². The quantitative estimate of drug-likeness (QED) is 0.689. The van der Waals surface area contributed by atoms with E-state index in [-0.39, 0.29) is 5.04 Å². The van der Waals surface area contributed by atoms with E-state index >= 15 is 0 Å². The number of benzene rings is 2. The van der Waals surface area contributed by atoms with Gasteiger partial charge >= 0.3 is 5.97 Å². The molecule has 0 heterocycles. The lowest BCUT2D eigenvalue weighted by Gasteiger charge is -2.42. The lowest BCUT2D eigenvalue weighted by atomic mass is 10.2. The van der Waals surface area contributed by atoms with Crippen molar-refractivity contribution in [1.29, 1.82) is 0 Å². The average Bonchev–Trinajstić information content (AvgIpc) is 2.52. The zero-order chi connectivity index (χ0) is 17.1. The van der Waals surface area contributed by atoms with Crippen molar-refractivity contribution in [1.82, 2.24) is 0 Å². The second kappa shape index (κ2) is 6.55. The number of carboxylic acids is 1. The van der Waals surface area contributed by atoms with Gasteiger partial charge in [0.05, 0.1) is 0 Å². The number of aliphatic carboxylic acids is 1. The zero-order valence-corrected chi connectivity index (χ0v) is 15.2. The van der Waals surface area contributed by atoms with Gasteiger partial charge in [0.1, 0.15) is 8.07 Å². The average molecular weight is 324 g/mol. The van der Waals surface area contributed by atoms with Gasteiger partial charge in [-0.15, -0.1) is 0 Å². The van der Waals surface area contributed by atoms with E-state index in [1.807, 2.05) is 42.1 Å². The maximum absolute atomic E-state index is 11.5. The molecular formula is C20H24O2Si. The summed E-state index contributed by atoms with van der Waals surface area (Å²) in [5.41, 5.74) is 2.46. The van der Waals surface area contributed by atoms with Crippen LogP contribution >= 0.6 is 0 Å². The molecule has 0 saturated carbocycles. The Morgan fingerprint density at radius 1 is 0.913 bits per heavy atom. The largest absolute Gasteiger partial charge is 0.478 e. The Kier molecular flexibility index (Phi) is 4.90. The molecule has 120 valence electrons. The summed E-state index contributed by atoms with van der Waals surface area (Å²) in [5.74, 6) is -0.849. The van der Waals surface area contributed by atoms with E-state index in [4.69, 9.17) is 0 Å². The van der Waals surface area contributed by atoms with Crippen LogP contribution in [0.1, 0.15) is 27.7 Å². The maximum Gasteiger partial charge on any atom is 0.330 e. The molecule has 0 aromatic heterocycles. The second-order valence-corrected chi connectivity index (χ2v) is 11.5. The van der Waals surface area contributed by atoms with Crippen LogP contribution in [-0.2, 0) is 4.79 Å².